The maximum atomic E-state index is 11.9. The van der Waals surface area contributed by atoms with Crippen molar-refractivity contribution >= 4 is 23.8 Å². The van der Waals surface area contributed by atoms with Crippen molar-refractivity contribution in [1.29, 1.82) is 0 Å². The predicted molar refractivity (Wildman–Crippen MR) is 83.5 cm³/mol. The molecule has 21 heavy (non-hydrogen) atoms. The predicted octanol–water partition coefficient (Wildman–Crippen LogP) is 2.40. The highest BCUT2D eigenvalue weighted by molar-refractivity contribution is 7.99. The van der Waals surface area contributed by atoms with Crippen LogP contribution in [0.4, 0.5) is 4.79 Å². The van der Waals surface area contributed by atoms with Crippen LogP contribution in [0, 0.1) is 0 Å². The SMILES string of the molecule is O=C(NCC1CCCCS1)NC(C(=O)O)c1ccccc1. The lowest BCUT2D eigenvalue weighted by Gasteiger charge is -2.22. The van der Waals surface area contributed by atoms with Gasteiger partial charge < -0.3 is 15.7 Å². The molecule has 2 atom stereocenters. The highest BCUT2D eigenvalue weighted by Gasteiger charge is 2.22. The smallest absolute Gasteiger partial charge is 0.330 e. The van der Waals surface area contributed by atoms with Gasteiger partial charge in [-0.15, -0.1) is 0 Å². The van der Waals surface area contributed by atoms with E-state index in [1.54, 1.807) is 24.3 Å². The van der Waals surface area contributed by atoms with Crippen LogP contribution in [0.1, 0.15) is 30.9 Å². The molecule has 1 aliphatic heterocycles. The van der Waals surface area contributed by atoms with Gasteiger partial charge in [0.05, 0.1) is 0 Å². The Kier molecular flexibility index (Phi) is 5.92. The number of carboxylic acid groups (broad SMARTS) is 1. The van der Waals surface area contributed by atoms with Crippen molar-refractivity contribution in [2.24, 2.45) is 0 Å². The number of hydrogen-bond donors (Lipinski definition) is 3. The van der Waals surface area contributed by atoms with Gasteiger partial charge in [-0.25, -0.2) is 9.59 Å². The summed E-state index contributed by atoms with van der Waals surface area (Å²) < 4.78 is 0. The van der Waals surface area contributed by atoms with Crippen molar-refractivity contribution in [2.45, 2.75) is 30.6 Å². The topological polar surface area (TPSA) is 78.4 Å². The zero-order valence-electron chi connectivity index (χ0n) is 11.7. The molecule has 1 aromatic rings. The van der Waals surface area contributed by atoms with E-state index in [2.05, 4.69) is 10.6 Å². The first-order valence-corrected chi connectivity index (χ1v) is 8.15. The molecule has 2 rings (SSSR count). The van der Waals surface area contributed by atoms with E-state index in [1.165, 1.54) is 12.8 Å². The van der Waals surface area contributed by atoms with Gasteiger partial charge in [0.15, 0.2) is 6.04 Å². The lowest BCUT2D eigenvalue weighted by atomic mass is 10.1. The molecule has 0 aromatic heterocycles. The van der Waals surface area contributed by atoms with Gasteiger partial charge in [0, 0.05) is 11.8 Å². The third-order valence-corrected chi connectivity index (χ3v) is 4.82. The van der Waals surface area contributed by atoms with Gasteiger partial charge in [0.1, 0.15) is 0 Å². The molecule has 1 fully saturated rings. The quantitative estimate of drug-likeness (QED) is 0.780. The Morgan fingerprint density at radius 3 is 2.67 bits per heavy atom. The fraction of sp³-hybridized carbons (Fsp3) is 0.467. The van der Waals surface area contributed by atoms with Crippen molar-refractivity contribution in [1.82, 2.24) is 10.6 Å². The fourth-order valence-electron chi connectivity index (χ4n) is 2.29. The zero-order chi connectivity index (χ0) is 15.1. The number of hydrogen-bond acceptors (Lipinski definition) is 3. The Hall–Kier alpha value is -1.69. The average molecular weight is 308 g/mol. The van der Waals surface area contributed by atoms with Crippen LogP contribution in [0.3, 0.4) is 0 Å². The Bertz CT molecular complexity index is 475. The van der Waals surface area contributed by atoms with Crippen molar-refractivity contribution in [3.63, 3.8) is 0 Å². The van der Waals surface area contributed by atoms with Crippen LogP contribution in [0.2, 0.25) is 0 Å². The van der Waals surface area contributed by atoms with Crippen molar-refractivity contribution in [3.05, 3.63) is 35.9 Å². The molecule has 5 nitrogen and oxygen atoms in total. The molecule has 1 heterocycles. The molecule has 1 aromatic carbocycles. The van der Waals surface area contributed by atoms with Gasteiger partial charge >= 0.3 is 12.0 Å². The molecule has 2 unspecified atom stereocenters. The Labute approximate surface area is 128 Å². The third kappa shape index (κ3) is 4.97. The van der Waals surface area contributed by atoms with E-state index in [9.17, 15) is 14.7 Å². The molecule has 1 aliphatic rings. The summed E-state index contributed by atoms with van der Waals surface area (Å²) in [6.45, 7) is 0.581. The van der Waals surface area contributed by atoms with E-state index in [0.717, 1.165) is 12.2 Å². The number of rotatable bonds is 5. The van der Waals surface area contributed by atoms with Crippen molar-refractivity contribution in [2.75, 3.05) is 12.3 Å². The standard InChI is InChI=1S/C15H20N2O3S/c18-14(19)13(11-6-2-1-3-7-11)17-15(20)16-10-12-8-4-5-9-21-12/h1-3,6-7,12-13H,4-5,8-10H2,(H,18,19)(H2,16,17,20). The molecule has 1 saturated heterocycles. The number of carbonyl (C=O) groups is 2. The first kappa shape index (κ1) is 15.7. The summed E-state index contributed by atoms with van der Waals surface area (Å²) in [5, 5.41) is 15.0. The summed E-state index contributed by atoms with van der Waals surface area (Å²) >= 11 is 1.87. The van der Waals surface area contributed by atoms with Crippen LogP contribution in [0.25, 0.3) is 0 Å². The van der Waals surface area contributed by atoms with E-state index in [1.807, 2.05) is 17.8 Å². The average Bonchev–Trinajstić information content (AvgIpc) is 2.52. The van der Waals surface area contributed by atoms with E-state index < -0.39 is 18.0 Å². The number of nitrogens with one attached hydrogen (secondary N) is 2. The molecule has 0 aliphatic carbocycles. The molecule has 0 saturated carbocycles. The molecule has 114 valence electrons. The number of amides is 2. The van der Waals surface area contributed by atoms with E-state index >= 15 is 0 Å². The van der Waals surface area contributed by atoms with E-state index in [4.69, 9.17) is 0 Å². The molecular formula is C15H20N2O3S. The van der Waals surface area contributed by atoms with Gasteiger partial charge in [0.25, 0.3) is 0 Å². The second-order valence-corrected chi connectivity index (χ2v) is 6.43. The first-order valence-electron chi connectivity index (χ1n) is 7.10. The lowest BCUT2D eigenvalue weighted by molar-refractivity contribution is -0.139. The van der Waals surface area contributed by atoms with Crippen LogP contribution in [-0.4, -0.2) is 34.7 Å². The maximum Gasteiger partial charge on any atom is 0.330 e. The minimum absolute atomic E-state index is 0.433. The molecule has 3 N–H and O–H groups in total. The Morgan fingerprint density at radius 2 is 2.05 bits per heavy atom. The molecule has 0 bridgehead atoms. The lowest BCUT2D eigenvalue weighted by Crippen LogP contribution is -2.43. The summed E-state index contributed by atoms with van der Waals surface area (Å²) in [5.74, 6) is 0.0684. The first-order chi connectivity index (χ1) is 10.2. The number of thioether (sulfide) groups is 1. The molecule has 2 amide bonds. The second kappa shape index (κ2) is 7.93. The van der Waals surface area contributed by atoms with Crippen molar-refractivity contribution in [3.8, 4) is 0 Å². The highest BCUT2D eigenvalue weighted by Crippen LogP contribution is 2.24. The summed E-state index contributed by atoms with van der Waals surface area (Å²) in [4.78, 5) is 23.2. The summed E-state index contributed by atoms with van der Waals surface area (Å²) in [6.07, 6.45) is 3.54. The monoisotopic (exact) mass is 308 g/mol. The summed E-state index contributed by atoms with van der Waals surface area (Å²) in [6, 6.07) is 7.24. The summed E-state index contributed by atoms with van der Waals surface area (Å²) in [5.41, 5.74) is 0.562. The van der Waals surface area contributed by atoms with Crippen LogP contribution in [-0.2, 0) is 4.79 Å². The van der Waals surface area contributed by atoms with E-state index in [0.29, 0.717) is 17.4 Å². The number of carboxylic acids is 1. The highest BCUT2D eigenvalue weighted by atomic mass is 32.2. The number of carbonyl (C=O) groups excluding carboxylic acids is 1. The minimum Gasteiger partial charge on any atom is -0.479 e. The van der Waals surface area contributed by atoms with Crippen LogP contribution in [0.5, 0.6) is 0 Å². The van der Waals surface area contributed by atoms with Gasteiger partial charge in [-0.3, -0.25) is 0 Å². The molecule has 0 radical (unpaired) electrons. The zero-order valence-corrected chi connectivity index (χ0v) is 12.6. The van der Waals surface area contributed by atoms with Crippen molar-refractivity contribution < 1.29 is 14.7 Å². The van der Waals surface area contributed by atoms with Gasteiger partial charge in [-0.2, -0.15) is 11.8 Å². The van der Waals surface area contributed by atoms with Gasteiger partial charge in [-0.05, 0) is 24.2 Å². The molecular weight excluding hydrogens is 288 g/mol. The van der Waals surface area contributed by atoms with Crippen LogP contribution >= 0.6 is 11.8 Å². The van der Waals surface area contributed by atoms with Gasteiger partial charge in [-0.1, -0.05) is 36.8 Å². The minimum atomic E-state index is -1.07. The summed E-state index contributed by atoms with van der Waals surface area (Å²) in [7, 11) is 0. The van der Waals surface area contributed by atoms with Gasteiger partial charge in [0.2, 0.25) is 0 Å². The molecule has 6 heteroatoms. The Morgan fingerprint density at radius 1 is 1.29 bits per heavy atom. The number of aliphatic carboxylic acids is 1. The van der Waals surface area contributed by atoms with Crippen LogP contribution in [0.15, 0.2) is 30.3 Å². The van der Waals surface area contributed by atoms with Crippen LogP contribution < -0.4 is 10.6 Å². The normalized spacial score (nSPS) is 19.5. The third-order valence-electron chi connectivity index (χ3n) is 3.42. The Balaban J connectivity index is 1.85. The molecule has 0 spiro atoms. The number of urea groups is 1. The maximum absolute atomic E-state index is 11.9. The largest absolute Gasteiger partial charge is 0.479 e. The fourth-order valence-corrected chi connectivity index (χ4v) is 3.53. The number of benzene rings is 1. The van der Waals surface area contributed by atoms with E-state index in [-0.39, 0.29) is 0 Å². The second-order valence-electron chi connectivity index (χ2n) is 5.02.